The van der Waals surface area contributed by atoms with Crippen LogP contribution in [0.2, 0.25) is 0 Å². The van der Waals surface area contributed by atoms with Gasteiger partial charge >= 0.3 is 0 Å². The van der Waals surface area contributed by atoms with E-state index in [-0.39, 0.29) is 36.6 Å². The molecular formula is C17H35Cl2N5O2. The molecular weight excluding hydrogens is 377 g/mol. The van der Waals surface area contributed by atoms with Gasteiger partial charge in [-0.1, -0.05) is 13.8 Å². The lowest BCUT2D eigenvalue weighted by atomic mass is 10.2. The van der Waals surface area contributed by atoms with E-state index in [1.165, 1.54) is 0 Å². The third-order valence-electron chi connectivity index (χ3n) is 5.09. The van der Waals surface area contributed by atoms with Gasteiger partial charge in [0.2, 0.25) is 11.8 Å². The Morgan fingerprint density at radius 1 is 0.846 bits per heavy atom. The molecule has 2 rings (SSSR count). The van der Waals surface area contributed by atoms with E-state index < -0.39 is 0 Å². The molecule has 1 N–H and O–H groups in total. The van der Waals surface area contributed by atoms with Gasteiger partial charge < -0.3 is 15.1 Å². The van der Waals surface area contributed by atoms with Crippen LogP contribution >= 0.6 is 24.8 Å². The van der Waals surface area contributed by atoms with Crippen LogP contribution in [0.25, 0.3) is 0 Å². The summed E-state index contributed by atoms with van der Waals surface area (Å²) in [4.78, 5) is 32.9. The highest BCUT2D eigenvalue weighted by atomic mass is 35.5. The van der Waals surface area contributed by atoms with E-state index in [2.05, 4.69) is 29.0 Å². The Bertz CT molecular complexity index is 410. The lowest BCUT2D eigenvalue weighted by Gasteiger charge is -2.36. The summed E-state index contributed by atoms with van der Waals surface area (Å²) < 4.78 is 0. The molecule has 0 bridgehead atoms. The fourth-order valence-electron chi connectivity index (χ4n) is 3.29. The molecule has 0 spiro atoms. The number of hydrogen-bond acceptors (Lipinski definition) is 5. The zero-order chi connectivity index (χ0) is 17.4. The van der Waals surface area contributed by atoms with E-state index in [9.17, 15) is 9.59 Å². The number of carbonyl (C=O) groups is 2. The van der Waals surface area contributed by atoms with Crippen molar-refractivity contribution in [3.8, 4) is 0 Å². The molecule has 7 nitrogen and oxygen atoms in total. The molecule has 2 amide bonds. The topological polar surface area (TPSA) is 59.1 Å². The van der Waals surface area contributed by atoms with Gasteiger partial charge in [-0.3, -0.25) is 19.4 Å². The first-order valence-electron chi connectivity index (χ1n) is 9.35. The van der Waals surface area contributed by atoms with Gasteiger partial charge in [-0.05, 0) is 13.1 Å². The molecule has 0 atom stereocenters. The molecule has 0 radical (unpaired) electrons. The van der Waals surface area contributed by atoms with Crippen molar-refractivity contribution < 1.29 is 9.59 Å². The van der Waals surface area contributed by atoms with Crippen molar-refractivity contribution >= 4 is 36.6 Å². The molecule has 26 heavy (non-hydrogen) atoms. The van der Waals surface area contributed by atoms with Crippen molar-refractivity contribution in [3.63, 3.8) is 0 Å². The lowest BCUT2D eigenvalue weighted by molar-refractivity contribution is -0.135. The minimum absolute atomic E-state index is 0. The van der Waals surface area contributed by atoms with Gasteiger partial charge in [0.05, 0.1) is 6.54 Å². The summed E-state index contributed by atoms with van der Waals surface area (Å²) in [6, 6.07) is 0. The average Bonchev–Trinajstić information content (AvgIpc) is 2.65. The maximum atomic E-state index is 12.3. The number of carbonyl (C=O) groups excluding carboxylic acids is 2. The lowest BCUT2D eigenvalue weighted by Crippen LogP contribution is -2.52. The Labute approximate surface area is 170 Å². The van der Waals surface area contributed by atoms with E-state index in [1.807, 2.05) is 9.80 Å². The van der Waals surface area contributed by atoms with E-state index in [1.54, 1.807) is 0 Å². The van der Waals surface area contributed by atoms with Gasteiger partial charge in [-0.2, -0.15) is 0 Å². The number of halogens is 2. The molecule has 2 aliphatic heterocycles. The molecule has 2 heterocycles. The summed E-state index contributed by atoms with van der Waals surface area (Å²) in [7, 11) is 0. The Morgan fingerprint density at radius 2 is 1.38 bits per heavy atom. The monoisotopic (exact) mass is 411 g/mol. The van der Waals surface area contributed by atoms with Crippen molar-refractivity contribution in [2.75, 3.05) is 78.5 Å². The second-order valence-corrected chi connectivity index (χ2v) is 6.56. The Balaban J connectivity index is 0.00000312. The van der Waals surface area contributed by atoms with Gasteiger partial charge in [0, 0.05) is 65.3 Å². The summed E-state index contributed by atoms with van der Waals surface area (Å²) in [5, 5.41) is 3.27. The van der Waals surface area contributed by atoms with Crippen LogP contribution in [-0.4, -0.2) is 110 Å². The highest BCUT2D eigenvalue weighted by Gasteiger charge is 2.23. The summed E-state index contributed by atoms with van der Waals surface area (Å²) in [5.41, 5.74) is 0. The van der Waals surface area contributed by atoms with Gasteiger partial charge in [-0.15, -0.1) is 24.8 Å². The smallest absolute Gasteiger partial charge is 0.236 e. The minimum Gasteiger partial charge on any atom is -0.340 e. The van der Waals surface area contributed by atoms with E-state index >= 15 is 0 Å². The molecule has 0 unspecified atom stereocenters. The highest BCUT2D eigenvalue weighted by molar-refractivity contribution is 5.85. The van der Waals surface area contributed by atoms with Crippen LogP contribution < -0.4 is 5.32 Å². The van der Waals surface area contributed by atoms with Crippen LogP contribution in [0.3, 0.4) is 0 Å². The minimum atomic E-state index is 0. The number of nitrogens with one attached hydrogen (secondary N) is 1. The van der Waals surface area contributed by atoms with Crippen molar-refractivity contribution in [3.05, 3.63) is 0 Å². The van der Waals surface area contributed by atoms with Gasteiger partial charge in [0.25, 0.3) is 0 Å². The fourth-order valence-corrected chi connectivity index (χ4v) is 3.29. The van der Waals surface area contributed by atoms with Crippen molar-refractivity contribution in [1.29, 1.82) is 0 Å². The molecule has 0 aromatic rings. The average molecular weight is 412 g/mol. The molecule has 9 heteroatoms. The van der Waals surface area contributed by atoms with Gasteiger partial charge in [-0.25, -0.2) is 0 Å². The molecule has 2 fully saturated rings. The van der Waals surface area contributed by atoms with E-state index in [4.69, 9.17) is 0 Å². The molecule has 0 saturated carbocycles. The van der Waals surface area contributed by atoms with Crippen LogP contribution in [0.15, 0.2) is 0 Å². The number of hydrogen-bond donors (Lipinski definition) is 1. The van der Waals surface area contributed by atoms with Crippen molar-refractivity contribution in [1.82, 2.24) is 24.9 Å². The Morgan fingerprint density at radius 3 is 1.92 bits per heavy atom. The van der Waals surface area contributed by atoms with E-state index in [0.29, 0.717) is 13.0 Å². The van der Waals surface area contributed by atoms with Crippen LogP contribution in [0, 0.1) is 0 Å². The van der Waals surface area contributed by atoms with Crippen LogP contribution in [0.5, 0.6) is 0 Å². The second kappa shape index (κ2) is 13.6. The quantitative estimate of drug-likeness (QED) is 0.645. The molecule has 154 valence electrons. The fraction of sp³-hybridized carbons (Fsp3) is 0.882. The number of piperazine rings is 2. The molecule has 0 aliphatic carbocycles. The third kappa shape index (κ3) is 7.96. The molecule has 2 aliphatic rings. The first kappa shape index (κ1) is 25.4. The van der Waals surface area contributed by atoms with Crippen molar-refractivity contribution in [2.45, 2.75) is 20.3 Å². The highest BCUT2D eigenvalue weighted by Crippen LogP contribution is 2.06. The molecule has 0 aromatic heterocycles. The Kier molecular flexibility index (Phi) is 13.2. The maximum Gasteiger partial charge on any atom is 0.236 e. The largest absolute Gasteiger partial charge is 0.340 e. The van der Waals surface area contributed by atoms with Gasteiger partial charge in [0.15, 0.2) is 0 Å². The summed E-state index contributed by atoms with van der Waals surface area (Å²) in [6.45, 7) is 14.1. The summed E-state index contributed by atoms with van der Waals surface area (Å²) in [6.07, 6.45) is 0.591. The predicted octanol–water partition coefficient (Wildman–Crippen LogP) is 0.138. The van der Waals surface area contributed by atoms with Crippen LogP contribution in [0.4, 0.5) is 0 Å². The van der Waals surface area contributed by atoms with Gasteiger partial charge in [0.1, 0.15) is 0 Å². The first-order chi connectivity index (χ1) is 11.6. The number of rotatable bonds is 7. The second-order valence-electron chi connectivity index (χ2n) is 6.56. The SMILES string of the molecule is CCN(CC)CC(=O)N1CCN(CCC(=O)N2CCNCC2)CC1.Cl.Cl. The zero-order valence-electron chi connectivity index (χ0n) is 16.1. The van der Waals surface area contributed by atoms with Crippen LogP contribution in [-0.2, 0) is 9.59 Å². The standard InChI is InChI=1S/C17H33N5O2.2ClH/c1-3-19(4-2)15-17(24)22-13-11-20(12-14-22)8-5-16(23)21-9-6-18-7-10-21;;/h18H,3-15H2,1-2H3;2*1H. The van der Waals surface area contributed by atoms with Crippen molar-refractivity contribution in [2.24, 2.45) is 0 Å². The summed E-state index contributed by atoms with van der Waals surface area (Å²) >= 11 is 0. The number of amides is 2. The van der Waals surface area contributed by atoms with Crippen LogP contribution in [0.1, 0.15) is 20.3 Å². The summed E-state index contributed by atoms with van der Waals surface area (Å²) in [5.74, 6) is 0.492. The predicted molar refractivity (Wildman–Crippen MR) is 109 cm³/mol. The first-order valence-corrected chi connectivity index (χ1v) is 9.35. The number of likely N-dealkylation sites (N-methyl/N-ethyl adjacent to an activating group) is 1. The third-order valence-corrected chi connectivity index (χ3v) is 5.09. The Hall–Kier alpha value is -0.600. The number of nitrogens with zero attached hydrogens (tertiary/aromatic N) is 4. The molecule has 0 aromatic carbocycles. The van der Waals surface area contributed by atoms with E-state index in [0.717, 1.165) is 72.0 Å². The zero-order valence-corrected chi connectivity index (χ0v) is 17.7. The maximum absolute atomic E-state index is 12.3. The normalized spacial score (nSPS) is 18.3. The molecule has 2 saturated heterocycles.